The normalized spacial score (nSPS) is 11.3. The minimum Gasteiger partial charge on any atom is -0.265 e. The van der Waals surface area contributed by atoms with Crippen LogP contribution < -0.4 is 0 Å². The summed E-state index contributed by atoms with van der Waals surface area (Å²) in [5.41, 5.74) is 0.850. The molecule has 1 heterocycles. The number of methoxy groups -OCH3 is 1. The number of hydrogen-bond acceptors (Lipinski definition) is 8. The third-order valence-corrected chi connectivity index (χ3v) is 2.62. The van der Waals surface area contributed by atoms with Gasteiger partial charge in [0.25, 0.3) is 0 Å². The molecule has 0 unspecified atom stereocenters. The molecule has 0 fully saturated rings. The first-order valence-electron chi connectivity index (χ1n) is 7.29. The first-order chi connectivity index (χ1) is 12.9. The van der Waals surface area contributed by atoms with Crippen molar-refractivity contribution in [2.75, 3.05) is 7.11 Å². The average Bonchev–Trinajstić information content (AvgIpc) is 2.73. The Labute approximate surface area is 171 Å². The van der Waals surface area contributed by atoms with E-state index in [4.69, 9.17) is 10.4 Å². The first-order valence-corrected chi connectivity index (χ1v) is 8.72. The van der Waals surface area contributed by atoms with Crippen molar-refractivity contribution >= 4 is 34.1 Å². The largest absolute Gasteiger partial charge is 0.265 e. The monoisotopic (exact) mass is 443 g/mol. The molecule has 0 aliphatic rings. The van der Waals surface area contributed by atoms with Crippen molar-refractivity contribution in [2.24, 2.45) is 16.2 Å². The summed E-state index contributed by atoms with van der Waals surface area (Å²) in [6, 6.07) is 5.72. The number of rotatable bonds is 5. The minimum atomic E-state index is -0.0658. The van der Waals surface area contributed by atoms with Crippen molar-refractivity contribution in [3.05, 3.63) is 41.9 Å². The molecule has 27 heavy (non-hydrogen) atoms. The van der Waals surface area contributed by atoms with E-state index in [0.29, 0.717) is 11.4 Å². The standard InChI is InChI=1S/C8H10O3.C5H5N.C4H8N2O2.ClH.Co/c1-6(2)7(4-9)8(5-10)11-3;1-2-4-6-5-3-1;1-3(5-7)4(2)6-8;;/h6H,1-3H3;1-5H;7-8H,1-2H3;1H;/q-2;;;;+3/p-1/b8-7-;;5-3+,6-4+;;. The molecular weight excluding hydrogens is 421 g/mol. The molecular formula is C17H23ClCoN3O5. The van der Waals surface area contributed by atoms with Gasteiger partial charge in [0.15, 0.2) is 0 Å². The number of pyridine rings is 1. The number of hydrogen-bond donors (Lipinski definition) is 2. The van der Waals surface area contributed by atoms with Crippen molar-refractivity contribution in [1.29, 1.82) is 0 Å². The summed E-state index contributed by atoms with van der Waals surface area (Å²) in [4.78, 5) is 24.2. The molecule has 0 amide bonds. The molecule has 1 aromatic heterocycles. The average molecular weight is 444 g/mol. The van der Waals surface area contributed by atoms with E-state index in [-0.39, 0.29) is 17.3 Å². The predicted octanol–water partition coefficient (Wildman–Crippen LogP) is 3.22. The molecule has 0 aliphatic carbocycles. The minimum absolute atomic E-state index is 0.0602. The van der Waals surface area contributed by atoms with E-state index in [2.05, 4.69) is 45.0 Å². The summed E-state index contributed by atoms with van der Waals surface area (Å²) in [5.74, 6) is -0.126. The van der Waals surface area contributed by atoms with Crippen LogP contribution in [0.1, 0.15) is 27.7 Å². The van der Waals surface area contributed by atoms with Crippen LogP contribution >= 0.6 is 10.1 Å². The van der Waals surface area contributed by atoms with Crippen LogP contribution in [0.15, 0.2) is 52.2 Å². The topological polar surface area (TPSA) is 121 Å². The Morgan fingerprint density at radius 3 is 1.59 bits per heavy atom. The molecule has 10 heteroatoms. The van der Waals surface area contributed by atoms with Gasteiger partial charge in [0, 0.05) is 19.5 Å². The number of nitrogens with zero attached hydrogens (tertiary/aromatic N) is 3. The van der Waals surface area contributed by atoms with Crippen LogP contribution in [0.5, 0.6) is 0 Å². The van der Waals surface area contributed by atoms with Crippen LogP contribution in [0.4, 0.5) is 0 Å². The predicted molar refractivity (Wildman–Crippen MR) is 100 cm³/mol. The van der Waals surface area contributed by atoms with Crippen LogP contribution in [-0.4, -0.2) is 46.5 Å². The third kappa shape index (κ3) is 17.0. The summed E-state index contributed by atoms with van der Waals surface area (Å²) < 4.78 is 4.61. The second-order valence-electron chi connectivity index (χ2n) is 4.70. The van der Waals surface area contributed by atoms with Gasteiger partial charge >= 0.3 is 25.0 Å². The number of oxime groups is 2. The molecule has 0 radical (unpaired) electrons. The van der Waals surface area contributed by atoms with Gasteiger partial charge in [-0.15, -0.1) is 12.2 Å². The SMILES string of the molecule is CC(=N\O)/C(C)=N/O.CO/C([C-]=O)=C(/[C-]=O)C(C)C.[Cl][Co+2].c1ccncc1. The Morgan fingerprint density at radius 1 is 1.04 bits per heavy atom. The van der Waals surface area contributed by atoms with Gasteiger partial charge in [-0.2, -0.15) is 5.76 Å². The Morgan fingerprint density at radius 2 is 1.48 bits per heavy atom. The van der Waals surface area contributed by atoms with Gasteiger partial charge in [-0.3, -0.25) is 10.6 Å². The molecule has 0 spiro atoms. The molecule has 0 atom stereocenters. The number of allylic oxidation sites excluding steroid dienone is 2. The van der Waals surface area contributed by atoms with Gasteiger partial charge < -0.3 is 24.7 Å². The summed E-state index contributed by atoms with van der Waals surface area (Å²) in [7, 11) is 5.65. The van der Waals surface area contributed by atoms with Gasteiger partial charge in [-0.05, 0) is 26.0 Å². The smallest absolute Gasteiger partial charge is 0.0267 e. The zero-order chi connectivity index (χ0) is 21.7. The molecule has 0 bridgehead atoms. The van der Waals surface area contributed by atoms with E-state index in [1.165, 1.54) is 27.2 Å². The van der Waals surface area contributed by atoms with Crippen molar-refractivity contribution in [2.45, 2.75) is 27.7 Å². The summed E-state index contributed by atoms with van der Waals surface area (Å²) in [6.07, 6.45) is 6.67. The number of halogens is 1. The van der Waals surface area contributed by atoms with E-state index >= 15 is 0 Å². The molecule has 0 aliphatic heterocycles. The molecule has 152 valence electrons. The summed E-state index contributed by atoms with van der Waals surface area (Å²) >= 11 is 3.03. The van der Waals surface area contributed by atoms with Crippen LogP contribution in [0.25, 0.3) is 0 Å². The fourth-order valence-electron chi connectivity index (χ4n) is 1.09. The van der Waals surface area contributed by atoms with Gasteiger partial charge in [0.05, 0.1) is 0 Å². The molecule has 1 rings (SSSR count). The van der Waals surface area contributed by atoms with Crippen molar-refractivity contribution < 1.29 is 39.6 Å². The Balaban J connectivity index is -0.000000317. The van der Waals surface area contributed by atoms with Crippen LogP contribution in [0.2, 0.25) is 0 Å². The summed E-state index contributed by atoms with van der Waals surface area (Å²) in [5, 5.41) is 21.6. The summed E-state index contributed by atoms with van der Waals surface area (Å²) in [6.45, 7) is 6.62. The van der Waals surface area contributed by atoms with Crippen molar-refractivity contribution in [3.63, 3.8) is 0 Å². The van der Waals surface area contributed by atoms with Gasteiger partial charge in [-0.25, -0.2) is 0 Å². The van der Waals surface area contributed by atoms with Gasteiger partial charge in [0.2, 0.25) is 0 Å². The van der Waals surface area contributed by atoms with E-state index in [0.717, 1.165) is 0 Å². The van der Waals surface area contributed by atoms with Crippen LogP contribution in [0.3, 0.4) is 0 Å². The molecule has 0 saturated carbocycles. The quantitative estimate of drug-likeness (QED) is 0.180. The van der Waals surface area contributed by atoms with E-state index in [9.17, 15) is 9.59 Å². The maximum Gasteiger partial charge on any atom is 0.0267 e. The molecule has 0 aromatic carbocycles. The second-order valence-corrected chi connectivity index (χ2v) is 4.70. The van der Waals surface area contributed by atoms with Gasteiger partial charge in [-0.1, -0.05) is 36.5 Å². The van der Waals surface area contributed by atoms with E-state index < -0.39 is 0 Å². The Bertz CT molecular complexity index is 551. The van der Waals surface area contributed by atoms with Crippen LogP contribution in [-0.2, 0) is 29.2 Å². The van der Waals surface area contributed by atoms with E-state index in [1.54, 1.807) is 32.5 Å². The Kier molecular flexibility index (Phi) is 23.8. The molecule has 1 aromatic rings. The van der Waals surface area contributed by atoms with E-state index in [1.807, 2.05) is 18.2 Å². The molecule has 0 saturated heterocycles. The number of ether oxygens (including phenoxy) is 1. The zero-order valence-electron chi connectivity index (χ0n) is 15.6. The third-order valence-electron chi connectivity index (χ3n) is 2.62. The van der Waals surface area contributed by atoms with Crippen molar-refractivity contribution in [1.82, 2.24) is 4.98 Å². The second kappa shape index (κ2) is 21.8. The Hall–Kier alpha value is -2.23. The first kappa shape index (κ1) is 29.5. The zero-order valence-corrected chi connectivity index (χ0v) is 17.4. The van der Waals surface area contributed by atoms with Crippen LogP contribution in [0, 0.1) is 5.92 Å². The maximum atomic E-state index is 10.3. The van der Waals surface area contributed by atoms with Gasteiger partial charge in [0.1, 0.15) is 11.4 Å². The fraction of sp³-hybridized carbons (Fsp3) is 0.353. The number of carbonyl (C=O) groups excluding carboxylic acids is 2. The molecule has 8 nitrogen and oxygen atoms in total. The van der Waals surface area contributed by atoms with Crippen molar-refractivity contribution in [3.8, 4) is 0 Å². The maximum absolute atomic E-state index is 10.3. The number of aromatic nitrogens is 1. The fourth-order valence-corrected chi connectivity index (χ4v) is 1.09. The molecule has 2 N–H and O–H groups in total.